The van der Waals surface area contributed by atoms with E-state index in [0.717, 1.165) is 11.3 Å². The predicted octanol–water partition coefficient (Wildman–Crippen LogP) is 5.48. The van der Waals surface area contributed by atoms with Crippen LogP contribution in [0.25, 0.3) is 5.76 Å². The van der Waals surface area contributed by atoms with E-state index in [1.54, 1.807) is 14.2 Å². The quantitative estimate of drug-likeness (QED) is 0.685. The molecular weight excluding hydrogens is 309 g/mol. The lowest BCUT2D eigenvalue weighted by molar-refractivity contribution is 0.213. The molecule has 2 rings (SSSR count). The van der Waals surface area contributed by atoms with Crippen molar-refractivity contribution in [3.05, 3.63) is 23.3 Å². The van der Waals surface area contributed by atoms with Gasteiger partial charge in [-0.2, -0.15) is 0 Å². The van der Waals surface area contributed by atoms with Gasteiger partial charge >= 0.3 is 0 Å². The van der Waals surface area contributed by atoms with Crippen LogP contribution < -0.4 is 9.47 Å². The van der Waals surface area contributed by atoms with E-state index in [0.29, 0.717) is 23.8 Å². The minimum Gasteiger partial charge on any atom is -0.494 e. The minimum atomic E-state index is -0.00776. The van der Waals surface area contributed by atoms with Gasteiger partial charge in [0.15, 0.2) is 5.69 Å². The first-order valence-electron chi connectivity index (χ1n) is 7.67. The molecule has 0 amide bonds. The number of benzene rings is 1. The normalized spacial score (nSPS) is 17.0. The summed E-state index contributed by atoms with van der Waals surface area (Å²) in [5.41, 5.74) is 2.89. The molecule has 4 nitrogen and oxygen atoms in total. The van der Waals surface area contributed by atoms with Gasteiger partial charge in [0.1, 0.15) is 17.3 Å². The molecule has 5 heteroatoms. The Labute approximate surface area is 141 Å². The van der Waals surface area contributed by atoms with Crippen molar-refractivity contribution in [2.75, 3.05) is 20.8 Å². The Bertz CT molecular complexity index is 632. The second kappa shape index (κ2) is 6.16. The molecular formula is C18H26NO3P. The van der Waals surface area contributed by atoms with Crippen molar-refractivity contribution in [2.45, 2.75) is 34.6 Å². The highest BCUT2D eigenvalue weighted by atomic mass is 31.0. The van der Waals surface area contributed by atoms with Crippen LogP contribution in [0.4, 0.5) is 5.69 Å². The summed E-state index contributed by atoms with van der Waals surface area (Å²) < 4.78 is 21.1. The Morgan fingerprint density at radius 1 is 1.13 bits per heavy atom. The standard InChI is InChI=1S/C18H26NO3P/c1-17(2,3)16-15(22-10-18(16,4)5)11-8-12(20-6)14(19-23)13(9-11)21-7/h8-9,23H,10H2,1-7H3. The summed E-state index contributed by atoms with van der Waals surface area (Å²) in [5.74, 6) is 2.20. The topological polar surface area (TPSA) is 40.0 Å². The molecule has 1 aliphatic heterocycles. The average molecular weight is 335 g/mol. The maximum atomic E-state index is 6.09. The van der Waals surface area contributed by atoms with E-state index in [-0.39, 0.29) is 10.8 Å². The van der Waals surface area contributed by atoms with Gasteiger partial charge in [-0.1, -0.05) is 34.6 Å². The monoisotopic (exact) mass is 335 g/mol. The van der Waals surface area contributed by atoms with Crippen LogP contribution >= 0.6 is 9.03 Å². The SMILES string of the molecule is COc1cc(C2=C(C(C)(C)C)C(C)(C)CO2)cc(OC)c1N=P. The third-order valence-corrected chi connectivity index (χ3v) is 4.31. The van der Waals surface area contributed by atoms with E-state index in [1.807, 2.05) is 12.1 Å². The zero-order valence-electron chi connectivity index (χ0n) is 15.0. The maximum absolute atomic E-state index is 6.09. The second-order valence-electron chi connectivity index (χ2n) is 7.47. The summed E-state index contributed by atoms with van der Waals surface area (Å²) in [6, 6.07) is 3.90. The molecule has 1 aliphatic rings. The fourth-order valence-electron chi connectivity index (χ4n) is 3.42. The van der Waals surface area contributed by atoms with Gasteiger partial charge in [-0.3, -0.25) is 0 Å². The molecule has 0 aromatic heterocycles. The summed E-state index contributed by atoms with van der Waals surface area (Å²) in [5, 5.41) is 0. The molecule has 126 valence electrons. The Balaban J connectivity index is 2.72. The lowest BCUT2D eigenvalue weighted by atomic mass is 9.71. The lowest BCUT2D eigenvalue weighted by Gasteiger charge is -2.31. The van der Waals surface area contributed by atoms with Gasteiger partial charge in [-0.15, -0.1) is 0 Å². The summed E-state index contributed by atoms with van der Waals surface area (Å²) in [6.07, 6.45) is 0. The summed E-state index contributed by atoms with van der Waals surface area (Å²) in [4.78, 5) is 0. The Hall–Kier alpha value is -1.54. The first-order valence-corrected chi connectivity index (χ1v) is 8.12. The van der Waals surface area contributed by atoms with Crippen LogP contribution in [0.3, 0.4) is 0 Å². The highest BCUT2D eigenvalue weighted by Gasteiger charge is 2.41. The maximum Gasteiger partial charge on any atom is 0.151 e. The van der Waals surface area contributed by atoms with Crippen LogP contribution in [0.15, 0.2) is 22.5 Å². The summed E-state index contributed by atoms with van der Waals surface area (Å²) >= 11 is 0. The van der Waals surface area contributed by atoms with Gasteiger partial charge in [0.2, 0.25) is 0 Å². The summed E-state index contributed by atoms with van der Waals surface area (Å²) in [7, 11) is 6.43. The number of hydrogen-bond donors (Lipinski definition) is 0. The van der Waals surface area contributed by atoms with Crippen molar-refractivity contribution in [3.8, 4) is 11.5 Å². The molecule has 0 radical (unpaired) electrons. The number of rotatable bonds is 4. The van der Waals surface area contributed by atoms with Gasteiger partial charge in [-0.25, -0.2) is 4.74 Å². The highest BCUT2D eigenvalue weighted by Crippen LogP contribution is 2.51. The van der Waals surface area contributed by atoms with Crippen molar-refractivity contribution in [2.24, 2.45) is 15.6 Å². The molecule has 0 unspecified atom stereocenters. The van der Waals surface area contributed by atoms with Gasteiger partial charge in [-0.05, 0) is 32.2 Å². The molecule has 0 saturated heterocycles. The van der Waals surface area contributed by atoms with E-state index in [1.165, 1.54) is 5.57 Å². The zero-order valence-corrected chi connectivity index (χ0v) is 16.0. The Morgan fingerprint density at radius 2 is 1.65 bits per heavy atom. The molecule has 0 N–H and O–H groups in total. The molecule has 0 bridgehead atoms. The first kappa shape index (κ1) is 17.8. The van der Waals surface area contributed by atoms with E-state index in [9.17, 15) is 0 Å². The van der Waals surface area contributed by atoms with Crippen LogP contribution in [0.5, 0.6) is 11.5 Å². The fraction of sp³-hybridized carbons (Fsp3) is 0.556. The molecule has 1 heterocycles. The zero-order chi connectivity index (χ0) is 17.4. The fourth-order valence-corrected chi connectivity index (χ4v) is 3.64. The van der Waals surface area contributed by atoms with Gasteiger partial charge < -0.3 is 14.2 Å². The largest absolute Gasteiger partial charge is 0.494 e. The molecule has 23 heavy (non-hydrogen) atoms. The number of ether oxygens (including phenoxy) is 3. The van der Waals surface area contributed by atoms with Crippen LogP contribution in [0, 0.1) is 10.8 Å². The van der Waals surface area contributed by atoms with Crippen LogP contribution in [-0.4, -0.2) is 20.8 Å². The smallest absolute Gasteiger partial charge is 0.151 e. The van der Waals surface area contributed by atoms with Gasteiger partial charge in [0, 0.05) is 11.0 Å². The first-order chi connectivity index (χ1) is 10.7. The van der Waals surface area contributed by atoms with Crippen molar-refractivity contribution in [3.63, 3.8) is 0 Å². The second-order valence-corrected chi connectivity index (χ2v) is 7.69. The molecule has 1 aromatic rings. The van der Waals surface area contributed by atoms with Crippen LogP contribution in [-0.2, 0) is 4.74 Å². The van der Waals surface area contributed by atoms with E-state index in [2.05, 4.69) is 48.4 Å². The third-order valence-electron chi connectivity index (χ3n) is 4.08. The molecule has 0 fully saturated rings. The summed E-state index contributed by atoms with van der Waals surface area (Å²) in [6.45, 7) is 11.8. The molecule has 0 saturated carbocycles. The molecule has 0 atom stereocenters. The predicted molar refractivity (Wildman–Crippen MR) is 96.1 cm³/mol. The van der Waals surface area contributed by atoms with Crippen LogP contribution in [0.2, 0.25) is 0 Å². The Kier molecular flexibility index (Phi) is 4.77. The molecule has 0 spiro atoms. The van der Waals surface area contributed by atoms with Gasteiger partial charge in [0.05, 0.1) is 20.8 Å². The number of methoxy groups -OCH3 is 2. The highest BCUT2D eigenvalue weighted by molar-refractivity contribution is 7.04. The average Bonchev–Trinajstić information content (AvgIpc) is 2.81. The van der Waals surface area contributed by atoms with Gasteiger partial charge in [0.25, 0.3) is 0 Å². The van der Waals surface area contributed by atoms with Crippen molar-refractivity contribution in [1.29, 1.82) is 0 Å². The third kappa shape index (κ3) is 3.23. The van der Waals surface area contributed by atoms with E-state index < -0.39 is 0 Å². The Morgan fingerprint density at radius 3 is 2.04 bits per heavy atom. The lowest BCUT2D eigenvalue weighted by Crippen LogP contribution is -2.24. The molecule has 0 aliphatic carbocycles. The minimum absolute atomic E-state index is 0.00776. The van der Waals surface area contributed by atoms with E-state index >= 15 is 0 Å². The number of hydrogen-bond acceptors (Lipinski definition) is 4. The van der Waals surface area contributed by atoms with Crippen molar-refractivity contribution in [1.82, 2.24) is 0 Å². The molecule has 1 aromatic carbocycles. The van der Waals surface area contributed by atoms with Crippen molar-refractivity contribution < 1.29 is 14.2 Å². The van der Waals surface area contributed by atoms with E-state index in [4.69, 9.17) is 14.2 Å². The van der Waals surface area contributed by atoms with Crippen molar-refractivity contribution >= 4 is 20.5 Å². The number of nitrogens with zero attached hydrogens (tertiary/aromatic N) is 1. The van der Waals surface area contributed by atoms with Crippen LogP contribution in [0.1, 0.15) is 40.2 Å².